The molecule has 10 heteroatoms. The molecule has 29 heavy (non-hydrogen) atoms. The van der Waals surface area contributed by atoms with Gasteiger partial charge in [0, 0.05) is 9.13 Å². The number of hydrogen-bond acceptors (Lipinski definition) is 2. The zero-order valence-electron chi connectivity index (χ0n) is 14.7. The average Bonchev–Trinajstić information content (AvgIpc) is 2.97. The number of nitro groups is 1. The third kappa shape index (κ3) is 4.54. The van der Waals surface area contributed by atoms with Crippen molar-refractivity contribution in [1.82, 2.24) is 4.57 Å². The van der Waals surface area contributed by atoms with Crippen molar-refractivity contribution in [3.05, 3.63) is 83.0 Å². The predicted molar refractivity (Wildman–Crippen MR) is 115 cm³/mol. The Bertz CT molecular complexity index is 1110. The van der Waals surface area contributed by atoms with Crippen molar-refractivity contribution in [2.75, 3.05) is 0 Å². The van der Waals surface area contributed by atoms with Crippen molar-refractivity contribution in [3.63, 3.8) is 0 Å². The Morgan fingerprint density at radius 2 is 1.79 bits per heavy atom. The van der Waals surface area contributed by atoms with Crippen LogP contribution in [0, 0.1) is 20.6 Å². The Morgan fingerprint density at radius 1 is 1.10 bits per heavy atom. The van der Waals surface area contributed by atoms with E-state index in [1.807, 2.05) is 0 Å². The first-order chi connectivity index (χ1) is 13.5. The molecule has 0 atom stereocenters. The smallest absolute Gasteiger partial charge is 0.358 e. The van der Waals surface area contributed by atoms with E-state index < -0.39 is 22.5 Å². The molecule has 0 saturated carbocycles. The molecule has 0 saturated heterocycles. The maximum absolute atomic E-state index is 13.9. The van der Waals surface area contributed by atoms with Gasteiger partial charge in [-0.05, 0) is 75.4 Å². The van der Waals surface area contributed by atoms with Crippen molar-refractivity contribution in [1.29, 1.82) is 0 Å². The van der Waals surface area contributed by atoms with Gasteiger partial charge >= 0.3 is 12.0 Å². The monoisotopic (exact) mass is 554 g/mol. The van der Waals surface area contributed by atoms with Gasteiger partial charge in [-0.15, -0.1) is 0 Å². The molecule has 0 N–H and O–H groups in total. The molecule has 152 valence electrons. The second kappa shape index (κ2) is 8.16. The molecule has 0 spiro atoms. The number of halogens is 6. The minimum atomic E-state index is -4.91. The van der Waals surface area contributed by atoms with Gasteiger partial charge in [0.2, 0.25) is 0 Å². The summed E-state index contributed by atoms with van der Waals surface area (Å²) < 4.78 is 43.5. The molecule has 0 aliphatic heterocycles. The lowest BCUT2D eigenvalue weighted by molar-refractivity contribution is -0.395. The Labute approximate surface area is 187 Å². The van der Waals surface area contributed by atoms with Gasteiger partial charge < -0.3 is 10.1 Å². The molecule has 1 heterocycles. The summed E-state index contributed by atoms with van der Waals surface area (Å²) in [6.45, 7) is 1.50. The summed E-state index contributed by atoms with van der Waals surface area (Å²) in [5, 5.41) is 12.1. The summed E-state index contributed by atoms with van der Waals surface area (Å²) in [7, 11) is 0. The van der Waals surface area contributed by atoms with Crippen LogP contribution in [0.2, 0.25) is 10.0 Å². The van der Waals surface area contributed by atoms with Crippen molar-refractivity contribution in [2.24, 2.45) is 0 Å². The standard InChI is InChI=1S/C19H12Cl2F3IN2O2/c1-10-6-12(25)3-4-13(10)14-9-26(8-11-2-5-15(20)16(21)7-11)18(27(28)29)17(14)19(22,23)24/h2-7,9H,8H2,1H3. The molecule has 3 rings (SSSR count). The van der Waals surface area contributed by atoms with Crippen molar-refractivity contribution in [3.8, 4) is 11.1 Å². The van der Waals surface area contributed by atoms with Crippen LogP contribution in [0.3, 0.4) is 0 Å². The van der Waals surface area contributed by atoms with Crippen LogP contribution in [-0.4, -0.2) is 9.49 Å². The predicted octanol–water partition coefficient (Wildman–Crippen LogP) is 7.35. The third-order valence-corrected chi connectivity index (χ3v) is 5.73. The van der Waals surface area contributed by atoms with Gasteiger partial charge in [0.1, 0.15) is 6.54 Å². The quantitative estimate of drug-likeness (QED) is 0.192. The molecule has 0 unspecified atom stereocenters. The highest BCUT2D eigenvalue weighted by Crippen LogP contribution is 2.45. The van der Waals surface area contributed by atoms with E-state index in [2.05, 4.69) is 22.6 Å². The average molecular weight is 555 g/mol. The van der Waals surface area contributed by atoms with E-state index in [1.54, 1.807) is 25.1 Å². The molecule has 3 aromatic rings. The van der Waals surface area contributed by atoms with Gasteiger partial charge in [-0.2, -0.15) is 13.2 Å². The van der Waals surface area contributed by atoms with E-state index in [1.165, 1.54) is 24.4 Å². The molecule has 0 amide bonds. The van der Waals surface area contributed by atoms with Crippen LogP contribution in [0.25, 0.3) is 11.1 Å². The van der Waals surface area contributed by atoms with Crippen LogP contribution >= 0.6 is 45.8 Å². The summed E-state index contributed by atoms with van der Waals surface area (Å²) in [5.41, 5.74) is -0.153. The van der Waals surface area contributed by atoms with E-state index in [-0.39, 0.29) is 27.7 Å². The van der Waals surface area contributed by atoms with Gasteiger partial charge in [-0.25, -0.2) is 4.57 Å². The number of aromatic nitrogens is 1. The van der Waals surface area contributed by atoms with E-state index in [0.717, 1.165) is 8.14 Å². The fraction of sp³-hybridized carbons (Fsp3) is 0.158. The van der Waals surface area contributed by atoms with E-state index in [9.17, 15) is 23.3 Å². The maximum atomic E-state index is 13.9. The van der Waals surface area contributed by atoms with Gasteiger partial charge in [0.25, 0.3) is 0 Å². The number of aryl methyl sites for hydroxylation is 1. The van der Waals surface area contributed by atoms with Crippen molar-refractivity contribution >= 4 is 51.6 Å². The second-order valence-electron chi connectivity index (χ2n) is 6.33. The lowest BCUT2D eigenvalue weighted by atomic mass is 9.99. The molecular formula is C19H12Cl2F3IN2O2. The molecule has 4 nitrogen and oxygen atoms in total. The minimum Gasteiger partial charge on any atom is -0.358 e. The maximum Gasteiger partial charge on any atom is 0.425 e. The molecule has 2 aromatic carbocycles. The van der Waals surface area contributed by atoms with Crippen LogP contribution in [0.15, 0.2) is 42.6 Å². The summed E-state index contributed by atoms with van der Waals surface area (Å²) in [5.74, 6) is -1.02. The van der Waals surface area contributed by atoms with Crippen LogP contribution < -0.4 is 0 Å². The number of hydrogen-bond donors (Lipinski definition) is 0. The minimum absolute atomic E-state index is 0.167. The third-order valence-electron chi connectivity index (χ3n) is 4.32. The fourth-order valence-electron chi connectivity index (χ4n) is 3.11. The van der Waals surface area contributed by atoms with E-state index in [0.29, 0.717) is 11.1 Å². The molecule has 0 aliphatic carbocycles. The number of alkyl halides is 3. The normalized spacial score (nSPS) is 11.7. The Hall–Kier alpha value is -1.78. The first-order valence-electron chi connectivity index (χ1n) is 8.14. The summed E-state index contributed by atoms with van der Waals surface area (Å²) in [6.07, 6.45) is -3.74. The van der Waals surface area contributed by atoms with Gasteiger partial charge in [-0.3, -0.25) is 0 Å². The first kappa shape index (κ1) is 21.9. The SMILES string of the molecule is Cc1cc(I)ccc1-c1cn(Cc2ccc(Cl)c(Cl)c2)c([N+](=O)[O-])c1C(F)(F)F. The zero-order valence-corrected chi connectivity index (χ0v) is 18.4. The number of nitrogens with zero attached hydrogens (tertiary/aromatic N) is 2. The second-order valence-corrected chi connectivity index (χ2v) is 8.39. The lowest BCUT2D eigenvalue weighted by Crippen LogP contribution is -2.11. The van der Waals surface area contributed by atoms with Crippen molar-refractivity contribution < 1.29 is 18.1 Å². The molecular weight excluding hydrogens is 543 g/mol. The Balaban J connectivity index is 2.25. The number of rotatable bonds is 4. The van der Waals surface area contributed by atoms with E-state index >= 15 is 0 Å². The van der Waals surface area contributed by atoms with Crippen molar-refractivity contribution in [2.45, 2.75) is 19.6 Å². The van der Waals surface area contributed by atoms with Crippen LogP contribution in [0.4, 0.5) is 19.0 Å². The molecule has 0 aliphatic rings. The first-order valence-corrected chi connectivity index (χ1v) is 9.97. The molecule has 0 bridgehead atoms. The Morgan fingerprint density at radius 3 is 2.34 bits per heavy atom. The highest BCUT2D eigenvalue weighted by molar-refractivity contribution is 14.1. The summed E-state index contributed by atoms with van der Waals surface area (Å²) in [4.78, 5) is 10.6. The van der Waals surface area contributed by atoms with Crippen LogP contribution in [0.1, 0.15) is 16.7 Å². The lowest BCUT2D eigenvalue weighted by Gasteiger charge is -2.10. The summed E-state index contributed by atoms with van der Waals surface area (Å²) in [6, 6.07) is 9.43. The van der Waals surface area contributed by atoms with Gasteiger partial charge in [0.05, 0.1) is 16.2 Å². The highest BCUT2D eigenvalue weighted by Gasteiger charge is 2.44. The fourth-order valence-corrected chi connectivity index (χ4v) is 4.08. The molecule has 1 aromatic heterocycles. The zero-order chi connectivity index (χ0) is 21.5. The summed E-state index contributed by atoms with van der Waals surface area (Å²) >= 11 is 13.9. The van der Waals surface area contributed by atoms with Gasteiger partial charge in [-0.1, -0.05) is 35.3 Å². The van der Waals surface area contributed by atoms with Crippen LogP contribution in [-0.2, 0) is 12.7 Å². The Kier molecular flexibility index (Phi) is 6.16. The van der Waals surface area contributed by atoms with Gasteiger partial charge in [0.15, 0.2) is 5.56 Å². The largest absolute Gasteiger partial charge is 0.425 e. The topological polar surface area (TPSA) is 48.1 Å². The number of benzene rings is 2. The van der Waals surface area contributed by atoms with E-state index in [4.69, 9.17) is 23.2 Å². The van der Waals surface area contributed by atoms with Crippen LogP contribution in [0.5, 0.6) is 0 Å². The molecule has 0 fully saturated rings. The highest BCUT2D eigenvalue weighted by atomic mass is 127. The molecule has 0 radical (unpaired) electrons.